The Kier molecular flexibility index (Phi) is 6.32. The molecule has 0 aliphatic carbocycles. The van der Waals surface area contributed by atoms with Crippen molar-refractivity contribution >= 4 is 0 Å². The van der Waals surface area contributed by atoms with Crippen molar-refractivity contribution in [2.75, 3.05) is 26.2 Å². The summed E-state index contributed by atoms with van der Waals surface area (Å²) in [6, 6.07) is 0. The van der Waals surface area contributed by atoms with Gasteiger partial charge in [-0.2, -0.15) is 0 Å². The van der Waals surface area contributed by atoms with Crippen molar-refractivity contribution in [3.05, 3.63) is 0 Å². The summed E-state index contributed by atoms with van der Waals surface area (Å²) in [6.07, 6.45) is 4.44. The number of nitrogens with zero attached hydrogens (tertiary/aromatic N) is 1. The number of hydrogen-bond acceptors (Lipinski definition) is 3. The van der Waals surface area contributed by atoms with E-state index >= 15 is 0 Å². The van der Waals surface area contributed by atoms with E-state index in [9.17, 15) is 0 Å². The molecule has 2 N–H and O–H groups in total. The summed E-state index contributed by atoms with van der Waals surface area (Å²) in [5.41, 5.74) is 5.58. The van der Waals surface area contributed by atoms with E-state index in [1.54, 1.807) is 0 Å². The van der Waals surface area contributed by atoms with E-state index < -0.39 is 0 Å². The summed E-state index contributed by atoms with van der Waals surface area (Å²) < 4.78 is 5.88. The van der Waals surface area contributed by atoms with Crippen LogP contribution in [-0.4, -0.2) is 43.3 Å². The Bertz CT molecular complexity index is 185. The largest absolute Gasteiger partial charge is 0.374 e. The Morgan fingerprint density at radius 2 is 2.12 bits per heavy atom. The van der Waals surface area contributed by atoms with Crippen LogP contribution in [0.15, 0.2) is 0 Å². The molecule has 0 spiro atoms. The molecule has 0 aromatic carbocycles. The molecule has 0 radical (unpaired) electrons. The molecular formula is C13H28N2O. The number of nitrogens with two attached hydrogens (primary N) is 1. The van der Waals surface area contributed by atoms with Crippen LogP contribution in [0, 0.1) is 5.92 Å². The van der Waals surface area contributed by atoms with E-state index in [0.29, 0.717) is 12.2 Å². The molecule has 3 nitrogen and oxygen atoms in total. The van der Waals surface area contributed by atoms with Crippen molar-refractivity contribution in [2.45, 2.75) is 52.2 Å². The molecular weight excluding hydrogens is 200 g/mol. The number of rotatable bonds is 7. The third-order valence-electron chi connectivity index (χ3n) is 3.08. The van der Waals surface area contributed by atoms with Crippen molar-refractivity contribution in [1.29, 1.82) is 0 Å². The minimum atomic E-state index is 0.450. The monoisotopic (exact) mass is 228 g/mol. The maximum absolute atomic E-state index is 5.88. The molecule has 16 heavy (non-hydrogen) atoms. The Labute approximate surface area is 100 Å². The number of ether oxygens (including phenoxy) is 1. The van der Waals surface area contributed by atoms with Crippen LogP contribution < -0.4 is 5.73 Å². The number of hydrogen-bond donors (Lipinski definition) is 1. The Balaban J connectivity index is 2.30. The van der Waals surface area contributed by atoms with E-state index in [-0.39, 0.29) is 0 Å². The predicted octanol–water partition coefficient (Wildman–Crippen LogP) is 1.86. The van der Waals surface area contributed by atoms with Gasteiger partial charge < -0.3 is 15.4 Å². The van der Waals surface area contributed by atoms with Gasteiger partial charge in [-0.3, -0.25) is 0 Å². The van der Waals surface area contributed by atoms with Crippen molar-refractivity contribution in [3.63, 3.8) is 0 Å². The van der Waals surface area contributed by atoms with Crippen LogP contribution in [0.4, 0.5) is 0 Å². The molecule has 0 bridgehead atoms. The van der Waals surface area contributed by atoms with Gasteiger partial charge in [0.25, 0.3) is 0 Å². The van der Waals surface area contributed by atoms with Crippen molar-refractivity contribution < 1.29 is 4.74 Å². The van der Waals surface area contributed by atoms with Crippen LogP contribution >= 0.6 is 0 Å². The third kappa shape index (κ3) is 5.28. The highest BCUT2D eigenvalue weighted by Crippen LogP contribution is 2.20. The zero-order valence-corrected chi connectivity index (χ0v) is 11.1. The average Bonchev–Trinajstić information content (AvgIpc) is 2.59. The van der Waals surface area contributed by atoms with Gasteiger partial charge in [0.2, 0.25) is 0 Å². The van der Waals surface area contributed by atoms with Gasteiger partial charge in [-0.15, -0.1) is 0 Å². The zero-order valence-electron chi connectivity index (χ0n) is 11.1. The lowest BCUT2D eigenvalue weighted by atomic mass is 10.1. The van der Waals surface area contributed by atoms with Gasteiger partial charge in [0.15, 0.2) is 0 Å². The molecule has 1 rings (SSSR count). The molecule has 0 aromatic heterocycles. The molecule has 2 atom stereocenters. The molecule has 0 aromatic rings. The second kappa shape index (κ2) is 7.25. The maximum Gasteiger partial charge on any atom is 0.0706 e. The molecule has 1 heterocycles. The first kappa shape index (κ1) is 13.9. The summed E-state index contributed by atoms with van der Waals surface area (Å²) in [7, 11) is 0. The minimum Gasteiger partial charge on any atom is -0.374 e. The summed E-state index contributed by atoms with van der Waals surface area (Å²) in [5, 5.41) is 0. The second-order valence-corrected chi connectivity index (χ2v) is 5.44. The van der Waals surface area contributed by atoms with E-state index in [1.807, 2.05) is 0 Å². The van der Waals surface area contributed by atoms with Crippen molar-refractivity contribution in [2.24, 2.45) is 11.7 Å². The van der Waals surface area contributed by atoms with Crippen molar-refractivity contribution in [3.8, 4) is 0 Å². The van der Waals surface area contributed by atoms with Crippen molar-refractivity contribution in [1.82, 2.24) is 4.90 Å². The van der Waals surface area contributed by atoms with E-state index in [1.165, 1.54) is 12.8 Å². The maximum atomic E-state index is 5.88. The Morgan fingerprint density at radius 3 is 2.62 bits per heavy atom. The van der Waals surface area contributed by atoms with Crippen LogP contribution in [0.5, 0.6) is 0 Å². The quantitative estimate of drug-likeness (QED) is 0.723. The van der Waals surface area contributed by atoms with Crippen LogP contribution in [0.1, 0.15) is 40.0 Å². The van der Waals surface area contributed by atoms with Crippen LogP contribution in [0.25, 0.3) is 0 Å². The molecule has 1 aliphatic heterocycles. The summed E-state index contributed by atoms with van der Waals surface area (Å²) >= 11 is 0. The van der Waals surface area contributed by atoms with E-state index in [2.05, 4.69) is 25.7 Å². The summed E-state index contributed by atoms with van der Waals surface area (Å²) in [4.78, 5) is 2.51. The minimum absolute atomic E-state index is 0.450. The first-order chi connectivity index (χ1) is 7.61. The zero-order chi connectivity index (χ0) is 12.0. The molecule has 3 heteroatoms. The average molecular weight is 228 g/mol. The Morgan fingerprint density at radius 1 is 1.38 bits per heavy atom. The standard InChI is InChI=1S/C13H28N2O/c1-11(2)9-15(8-4-7-14)10-13-6-5-12(3)16-13/h11-13H,4-10,14H2,1-3H3. The normalized spacial score (nSPS) is 25.9. The van der Waals surface area contributed by atoms with Gasteiger partial charge in [0.1, 0.15) is 0 Å². The van der Waals surface area contributed by atoms with E-state index in [4.69, 9.17) is 10.5 Å². The molecule has 0 saturated carbocycles. The second-order valence-electron chi connectivity index (χ2n) is 5.44. The highest BCUT2D eigenvalue weighted by Gasteiger charge is 2.23. The van der Waals surface area contributed by atoms with Gasteiger partial charge >= 0.3 is 0 Å². The Hall–Kier alpha value is -0.120. The topological polar surface area (TPSA) is 38.5 Å². The van der Waals surface area contributed by atoms with Crippen LogP contribution in [-0.2, 0) is 4.74 Å². The molecule has 1 saturated heterocycles. The fraction of sp³-hybridized carbons (Fsp3) is 1.00. The molecule has 96 valence electrons. The first-order valence-electron chi connectivity index (χ1n) is 6.69. The van der Waals surface area contributed by atoms with Gasteiger partial charge in [-0.05, 0) is 45.2 Å². The predicted molar refractivity (Wildman–Crippen MR) is 68.5 cm³/mol. The highest BCUT2D eigenvalue weighted by atomic mass is 16.5. The SMILES string of the molecule is CC(C)CN(CCCN)CC1CCC(C)O1. The molecule has 1 fully saturated rings. The fourth-order valence-electron chi connectivity index (χ4n) is 2.40. The van der Waals surface area contributed by atoms with Gasteiger partial charge in [-0.25, -0.2) is 0 Å². The molecule has 0 amide bonds. The van der Waals surface area contributed by atoms with Crippen LogP contribution in [0.2, 0.25) is 0 Å². The van der Waals surface area contributed by atoms with Gasteiger partial charge in [0.05, 0.1) is 12.2 Å². The van der Waals surface area contributed by atoms with Gasteiger partial charge in [0, 0.05) is 13.1 Å². The third-order valence-corrected chi connectivity index (χ3v) is 3.08. The summed E-state index contributed by atoms with van der Waals surface area (Å²) in [5.74, 6) is 0.719. The lowest BCUT2D eigenvalue weighted by molar-refractivity contribution is 0.0290. The first-order valence-corrected chi connectivity index (χ1v) is 6.69. The lowest BCUT2D eigenvalue weighted by Crippen LogP contribution is -2.36. The summed E-state index contributed by atoms with van der Waals surface area (Å²) in [6.45, 7) is 10.9. The lowest BCUT2D eigenvalue weighted by Gasteiger charge is -2.26. The highest BCUT2D eigenvalue weighted by molar-refractivity contribution is 4.75. The van der Waals surface area contributed by atoms with E-state index in [0.717, 1.165) is 38.5 Å². The van der Waals surface area contributed by atoms with Gasteiger partial charge in [-0.1, -0.05) is 13.8 Å². The molecule has 2 unspecified atom stereocenters. The smallest absolute Gasteiger partial charge is 0.0706 e. The fourth-order valence-corrected chi connectivity index (χ4v) is 2.40. The molecule has 1 aliphatic rings. The van der Waals surface area contributed by atoms with Crippen LogP contribution in [0.3, 0.4) is 0 Å².